The molecule has 0 spiro atoms. The van der Waals surface area contributed by atoms with Crippen LogP contribution in [0, 0.1) is 11.8 Å². The minimum absolute atomic E-state index is 0.618. The van der Waals surface area contributed by atoms with Crippen molar-refractivity contribution in [2.45, 2.75) is 0 Å². The molecule has 0 heterocycles. The van der Waals surface area contributed by atoms with Gasteiger partial charge < -0.3 is 5.32 Å². The van der Waals surface area contributed by atoms with E-state index in [9.17, 15) is 4.79 Å². The molecule has 0 fully saturated rings. The number of hydrogen-bond donors (Lipinski definition) is 1. The van der Waals surface area contributed by atoms with Crippen molar-refractivity contribution in [2.24, 2.45) is 0 Å². The molecule has 0 saturated carbocycles. The van der Waals surface area contributed by atoms with Crippen LogP contribution in [0.15, 0.2) is 48.5 Å². The first-order chi connectivity index (χ1) is 8.85. The molecule has 0 aliphatic carbocycles. The van der Waals surface area contributed by atoms with E-state index in [0.717, 1.165) is 23.1 Å². The Morgan fingerprint density at radius 3 is 2.28 bits per heavy atom. The van der Waals surface area contributed by atoms with Gasteiger partial charge in [0.1, 0.15) is 0 Å². The smallest absolute Gasteiger partial charge is 0.151 e. The predicted octanol–water partition coefficient (Wildman–Crippen LogP) is 2.94. The predicted molar refractivity (Wildman–Crippen MR) is 73.8 cm³/mol. The number of hydrogen-bond acceptors (Lipinski definition) is 2. The van der Waals surface area contributed by atoms with E-state index >= 15 is 0 Å². The van der Waals surface area contributed by atoms with Crippen molar-refractivity contribution >= 4 is 12.0 Å². The summed E-state index contributed by atoms with van der Waals surface area (Å²) in [6.07, 6.45) is 0.827. The standard InChI is InChI=1S/C16H13NO/c1-17-16-9-5-4-7-14(16)11-10-13-6-2-3-8-15(13)12-18/h2-9,12,17H,1H3. The second-order valence-corrected chi connectivity index (χ2v) is 3.75. The van der Waals surface area contributed by atoms with Crippen LogP contribution in [0.4, 0.5) is 5.69 Å². The van der Waals surface area contributed by atoms with Crippen molar-refractivity contribution in [1.82, 2.24) is 0 Å². The Hall–Kier alpha value is -2.53. The average molecular weight is 235 g/mol. The van der Waals surface area contributed by atoms with Gasteiger partial charge in [-0.15, -0.1) is 0 Å². The third-order valence-corrected chi connectivity index (χ3v) is 2.62. The molecule has 0 unspecified atom stereocenters. The number of carbonyl (C=O) groups excluding carboxylic acids is 1. The number of nitrogens with one attached hydrogen (secondary N) is 1. The molecule has 2 heteroatoms. The molecule has 0 aromatic heterocycles. The van der Waals surface area contributed by atoms with E-state index in [1.54, 1.807) is 6.07 Å². The molecule has 0 atom stereocenters. The summed E-state index contributed by atoms with van der Waals surface area (Å²) in [5.41, 5.74) is 3.26. The third-order valence-electron chi connectivity index (χ3n) is 2.62. The second-order valence-electron chi connectivity index (χ2n) is 3.75. The van der Waals surface area contributed by atoms with Gasteiger partial charge >= 0.3 is 0 Å². The minimum Gasteiger partial charge on any atom is -0.387 e. The maximum atomic E-state index is 10.9. The lowest BCUT2D eigenvalue weighted by Gasteiger charge is -2.01. The largest absolute Gasteiger partial charge is 0.387 e. The summed E-state index contributed by atoms with van der Waals surface area (Å²) in [5, 5.41) is 3.09. The minimum atomic E-state index is 0.618. The zero-order valence-corrected chi connectivity index (χ0v) is 10.1. The van der Waals surface area contributed by atoms with Gasteiger partial charge in [-0.05, 0) is 18.2 Å². The highest BCUT2D eigenvalue weighted by Crippen LogP contribution is 2.13. The number of rotatable bonds is 2. The lowest BCUT2D eigenvalue weighted by atomic mass is 10.1. The fourth-order valence-corrected chi connectivity index (χ4v) is 1.66. The van der Waals surface area contributed by atoms with Crippen LogP contribution >= 0.6 is 0 Å². The van der Waals surface area contributed by atoms with Gasteiger partial charge in [-0.3, -0.25) is 4.79 Å². The molecule has 88 valence electrons. The molecule has 2 nitrogen and oxygen atoms in total. The fraction of sp³-hybridized carbons (Fsp3) is 0.0625. The van der Waals surface area contributed by atoms with Crippen LogP contribution in [0.2, 0.25) is 0 Å². The van der Waals surface area contributed by atoms with Gasteiger partial charge in [0.25, 0.3) is 0 Å². The van der Waals surface area contributed by atoms with E-state index in [2.05, 4.69) is 17.2 Å². The van der Waals surface area contributed by atoms with Crippen molar-refractivity contribution in [3.8, 4) is 11.8 Å². The van der Waals surface area contributed by atoms with Gasteiger partial charge in [0, 0.05) is 29.4 Å². The van der Waals surface area contributed by atoms with E-state index in [0.29, 0.717) is 5.56 Å². The van der Waals surface area contributed by atoms with Crippen LogP contribution in [0.1, 0.15) is 21.5 Å². The molecule has 2 rings (SSSR count). The first-order valence-corrected chi connectivity index (χ1v) is 5.68. The summed E-state index contributed by atoms with van der Waals surface area (Å²) in [6.45, 7) is 0. The highest BCUT2D eigenvalue weighted by molar-refractivity contribution is 5.79. The Kier molecular flexibility index (Phi) is 3.78. The zero-order valence-electron chi connectivity index (χ0n) is 10.1. The summed E-state index contributed by atoms with van der Waals surface area (Å²) in [6, 6.07) is 15.1. The van der Waals surface area contributed by atoms with E-state index in [1.807, 2.05) is 49.5 Å². The number of carbonyl (C=O) groups is 1. The van der Waals surface area contributed by atoms with Crippen molar-refractivity contribution in [3.63, 3.8) is 0 Å². The van der Waals surface area contributed by atoms with Gasteiger partial charge in [-0.1, -0.05) is 42.2 Å². The molecule has 0 amide bonds. The first-order valence-electron chi connectivity index (χ1n) is 5.68. The molecule has 0 bridgehead atoms. The van der Waals surface area contributed by atoms with Crippen LogP contribution in [0.3, 0.4) is 0 Å². The lowest BCUT2D eigenvalue weighted by Crippen LogP contribution is -1.91. The van der Waals surface area contributed by atoms with Crippen LogP contribution in [-0.2, 0) is 0 Å². The van der Waals surface area contributed by atoms with Gasteiger partial charge in [0.15, 0.2) is 6.29 Å². The maximum absolute atomic E-state index is 10.9. The molecule has 18 heavy (non-hydrogen) atoms. The van der Waals surface area contributed by atoms with Gasteiger partial charge in [-0.2, -0.15) is 0 Å². The van der Waals surface area contributed by atoms with Gasteiger partial charge in [0.2, 0.25) is 0 Å². The van der Waals surface area contributed by atoms with Crippen LogP contribution < -0.4 is 5.32 Å². The van der Waals surface area contributed by atoms with Crippen molar-refractivity contribution in [2.75, 3.05) is 12.4 Å². The normalized spacial score (nSPS) is 9.17. The van der Waals surface area contributed by atoms with Crippen LogP contribution in [0.25, 0.3) is 0 Å². The number of anilines is 1. The Labute approximate surface area is 107 Å². The molecule has 0 saturated heterocycles. The molecule has 0 aliphatic rings. The molecule has 2 aromatic rings. The zero-order chi connectivity index (χ0) is 12.8. The SMILES string of the molecule is CNc1ccccc1C#Cc1ccccc1C=O. The Balaban J connectivity index is 2.40. The van der Waals surface area contributed by atoms with E-state index in [-0.39, 0.29) is 0 Å². The summed E-state index contributed by atoms with van der Waals surface area (Å²) in [5.74, 6) is 6.12. The molecular weight excluding hydrogens is 222 g/mol. The van der Waals surface area contributed by atoms with Gasteiger partial charge in [0.05, 0.1) is 0 Å². The molecule has 0 radical (unpaired) electrons. The van der Waals surface area contributed by atoms with Crippen molar-refractivity contribution in [1.29, 1.82) is 0 Å². The topological polar surface area (TPSA) is 29.1 Å². The summed E-state index contributed by atoms with van der Waals surface area (Å²) < 4.78 is 0. The van der Waals surface area contributed by atoms with E-state index in [1.165, 1.54) is 0 Å². The monoisotopic (exact) mass is 235 g/mol. The van der Waals surface area contributed by atoms with E-state index in [4.69, 9.17) is 0 Å². The highest BCUT2D eigenvalue weighted by Gasteiger charge is 1.97. The van der Waals surface area contributed by atoms with Crippen molar-refractivity contribution in [3.05, 3.63) is 65.2 Å². The summed E-state index contributed by atoms with van der Waals surface area (Å²) in [4.78, 5) is 10.9. The second kappa shape index (κ2) is 5.70. The van der Waals surface area contributed by atoms with Crippen molar-refractivity contribution < 1.29 is 4.79 Å². The quantitative estimate of drug-likeness (QED) is 0.640. The number of aldehydes is 1. The average Bonchev–Trinajstić information content (AvgIpc) is 2.45. The molecule has 0 aliphatic heterocycles. The lowest BCUT2D eigenvalue weighted by molar-refractivity contribution is 0.112. The first kappa shape index (κ1) is 11.9. The Morgan fingerprint density at radius 1 is 0.944 bits per heavy atom. The van der Waals surface area contributed by atoms with Crippen LogP contribution in [0.5, 0.6) is 0 Å². The van der Waals surface area contributed by atoms with Gasteiger partial charge in [-0.25, -0.2) is 0 Å². The number of para-hydroxylation sites is 1. The highest BCUT2D eigenvalue weighted by atomic mass is 16.1. The molecular formula is C16H13NO. The summed E-state index contributed by atoms with van der Waals surface area (Å²) >= 11 is 0. The summed E-state index contributed by atoms with van der Waals surface area (Å²) in [7, 11) is 1.86. The Morgan fingerprint density at radius 2 is 1.56 bits per heavy atom. The Bertz CT molecular complexity index is 620. The van der Waals surface area contributed by atoms with Crippen LogP contribution in [-0.4, -0.2) is 13.3 Å². The molecule has 2 aromatic carbocycles. The number of benzene rings is 2. The van der Waals surface area contributed by atoms with E-state index < -0.39 is 0 Å². The molecule has 1 N–H and O–H groups in total. The fourth-order valence-electron chi connectivity index (χ4n) is 1.66. The third kappa shape index (κ3) is 2.58. The maximum Gasteiger partial charge on any atom is 0.151 e.